The van der Waals surface area contributed by atoms with Crippen LogP contribution in [0.4, 0.5) is 20.2 Å². The standard InChI is InChI=1S/C26H27F2N3O5S/c1-29(19-5-7-20(35-2)8-6-19)37(33,34)21-9-11-25(36-3)24(17-21)30-12-14-31(15-13-30)26(32)18-4-10-22(27)23(28)16-18/h4-11,16-17H,12-15H2,1-3H3. The van der Waals surface area contributed by atoms with Gasteiger partial charge >= 0.3 is 0 Å². The highest BCUT2D eigenvalue weighted by Crippen LogP contribution is 2.34. The second kappa shape index (κ2) is 10.6. The monoisotopic (exact) mass is 531 g/mol. The molecule has 8 nitrogen and oxygen atoms in total. The Kier molecular flexibility index (Phi) is 7.53. The minimum atomic E-state index is -3.89. The van der Waals surface area contributed by atoms with Crippen molar-refractivity contribution in [3.8, 4) is 11.5 Å². The molecule has 0 unspecified atom stereocenters. The Morgan fingerprint density at radius 1 is 0.865 bits per heavy atom. The van der Waals surface area contributed by atoms with Gasteiger partial charge in [0.1, 0.15) is 11.5 Å². The van der Waals surface area contributed by atoms with E-state index in [1.54, 1.807) is 41.3 Å². The summed E-state index contributed by atoms with van der Waals surface area (Å²) < 4.78 is 65.4. The van der Waals surface area contributed by atoms with E-state index in [4.69, 9.17) is 9.47 Å². The maximum Gasteiger partial charge on any atom is 0.264 e. The van der Waals surface area contributed by atoms with Gasteiger partial charge in [0.25, 0.3) is 15.9 Å². The highest BCUT2D eigenvalue weighted by atomic mass is 32.2. The van der Waals surface area contributed by atoms with Gasteiger partial charge in [-0.05, 0) is 60.7 Å². The van der Waals surface area contributed by atoms with Crippen molar-refractivity contribution >= 4 is 27.3 Å². The van der Waals surface area contributed by atoms with Gasteiger partial charge in [-0.15, -0.1) is 0 Å². The molecule has 0 bridgehead atoms. The van der Waals surface area contributed by atoms with Crippen molar-refractivity contribution in [3.05, 3.63) is 77.9 Å². The third kappa shape index (κ3) is 5.31. The highest BCUT2D eigenvalue weighted by Gasteiger charge is 2.27. The number of sulfonamides is 1. The lowest BCUT2D eigenvalue weighted by Crippen LogP contribution is -2.49. The number of carbonyl (C=O) groups is 1. The molecule has 4 rings (SSSR count). The molecule has 1 aliphatic heterocycles. The molecular formula is C26H27F2N3O5S. The number of hydrogen-bond donors (Lipinski definition) is 0. The second-order valence-corrected chi connectivity index (χ2v) is 10.4. The molecule has 3 aromatic carbocycles. The molecule has 1 aliphatic rings. The average Bonchev–Trinajstić information content (AvgIpc) is 2.93. The van der Waals surface area contributed by atoms with E-state index < -0.39 is 27.6 Å². The normalized spacial score (nSPS) is 13.9. The molecule has 1 amide bonds. The molecule has 0 radical (unpaired) electrons. The molecule has 1 saturated heterocycles. The molecule has 0 aromatic heterocycles. The van der Waals surface area contributed by atoms with Gasteiger partial charge in [-0.25, -0.2) is 17.2 Å². The van der Waals surface area contributed by atoms with Crippen molar-refractivity contribution in [2.45, 2.75) is 4.90 Å². The lowest BCUT2D eigenvalue weighted by atomic mass is 10.1. The van der Waals surface area contributed by atoms with Crippen LogP contribution in [0, 0.1) is 11.6 Å². The van der Waals surface area contributed by atoms with Crippen molar-refractivity contribution in [1.82, 2.24) is 4.90 Å². The second-order valence-electron chi connectivity index (χ2n) is 8.41. The van der Waals surface area contributed by atoms with Crippen LogP contribution >= 0.6 is 0 Å². The van der Waals surface area contributed by atoms with Crippen molar-refractivity contribution < 1.29 is 31.5 Å². The molecular weight excluding hydrogens is 504 g/mol. The minimum absolute atomic E-state index is 0.0691. The number of halogens is 2. The van der Waals surface area contributed by atoms with Gasteiger partial charge < -0.3 is 19.3 Å². The Morgan fingerprint density at radius 3 is 2.14 bits per heavy atom. The van der Waals surface area contributed by atoms with E-state index in [1.165, 1.54) is 37.7 Å². The van der Waals surface area contributed by atoms with Gasteiger partial charge in [0.05, 0.1) is 30.5 Å². The number of amides is 1. The van der Waals surface area contributed by atoms with Crippen LogP contribution in [-0.2, 0) is 10.0 Å². The van der Waals surface area contributed by atoms with Crippen LogP contribution in [0.5, 0.6) is 11.5 Å². The predicted molar refractivity (Wildman–Crippen MR) is 136 cm³/mol. The Bertz CT molecular complexity index is 1390. The van der Waals surface area contributed by atoms with Gasteiger partial charge in [-0.2, -0.15) is 0 Å². The van der Waals surface area contributed by atoms with Crippen LogP contribution in [0.25, 0.3) is 0 Å². The van der Waals surface area contributed by atoms with E-state index in [1.807, 2.05) is 4.90 Å². The molecule has 3 aromatic rings. The Hall–Kier alpha value is -3.86. The van der Waals surface area contributed by atoms with E-state index in [9.17, 15) is 22.0 Å². The Morgan fingerprint density at radius 2 is 1.54 bits per heavy atom. The molecule has 0 atom stereocenters. The molecule has 11 heteroatoms. The van der Waals surface area contributed by atoms with Gasteiger partial charge in [0.15, 0.2) is 11.6 Å². The summed E-state index contributed by atoms with van der Waals surface area (Å²) in [6.07, 6.45) is 0. The van der Waals surface area contributed by atoms with Gasteiger partial charge in [0, 0.05) is 38.8 Å². The number of rotatable bonds is 7. The number of benzene rings is 3. The van der Waals surface area contributed by atoms with Crippen molar-refractivity contribution in [1.29, 1.82) is 0 Å². The summed E-state index contributed by atoms with van der Waals surface area (Å²) in [5.41, 5.74) is 1.12. The predicted octanol–water partition coefficient (Wildman–Crippen LogP) is 3.77. The van der Waals surface area contributed by atoms with Crippen molar-refractivity contribution in [3.63, 3.8) is 0 Å². The summed E-state index contributed by atoms with van der Waals surface area (Å²) in [6, 6.07) is 14.4. The number of carbonyl (C=O) groups excluding carboxylic acids is 1. The molecule has 196 valence electrons. The minimum Gasteiger partial charge on any atom is -0.497 e. The molecule has 1 fully saturated rings. The summed E-state index contributed by atoms with van der Waals surface area (Å²) in [6.45, 7) is 1.40. The van der Waals surface area contributed by atoms with Crippen LogP contribution in [-0.4, -0.2) is 66.7 Å². The zero-order valence-electron chi connectivity index (χ0n) is 20.6. The fourth-order valence-corrected chi connectivity index (χ4v) is 5.34. The zero-order valence-corrected chi connectivity index (χ0v) is 21.5. The number of anilines is 2. The SMILES string of the molecule is COc1ccc(N(C)S(=O)(=O)c2ccc(OC)c(N3CCN(C(=O)c4ccc(F)c(F)c4)CC3)c2)cc1. The van der Waals surface area contributed by atoms with Crippen LogP contribution < -0.4 is 18.7 Å². The maximum absolute atomic E-state index is 13.6. The molecule has 0 aliphatic carbocycles. The molecule has 0 saturated carbocycles. The number of piperazine rings is 1. The third-order valence-corrected chi connectivity index (χ3v) is 8.10. The zero-order chi connectivity index (χ0) is 26.7. The summed E-state index contributed by atoms with van der Waals surface area (Å²) in [5, 5.41) is 0. The fraction of sp³-hybridized carbons (Fsp3) is 0.269. The van der Waals surface area contributed by atoms with E-state index in [0.717, 1.165) is 12.1 Å². The number of methoxy groups -OCH3 is 2. The van der Waals surface area contributed by atoms with E-state index in [2.05, 4.69) is 0 Å². The van der Waals surface area contributed by atoms with E-state index >= 15 is 0 Å². The topological polar surface area (TPSA) is 79.4 Å². The first-order valence-electron chi connectivity index (χ1n) is 11.5. The molecule has 1 heterocycles. The fourth-order valence-electron chi connectivity index (χ4n) is 4.13. The Labute approximate surface area is 214 Å². The number of hydrogen-bond acceptors (Lipinski definition) is 6. The summed E-state index contributed by atoms with van der Waals surface area (Å²) in [4.78, 5) is 16.3. The van der Waals surface area contributed by atoms with Gasteiger partial charge in [-0.1, -0.05) is 0 Å². The largest absolute Gasteiger partial charge is 0.497 e. The molecule has 0 spiro atoms. The summed E-state index contributed by atoms with van der Waals surface area (Å²) >= 11 is 0. The van der Waals surface area contributed by atoms with Crippen molar-refractivity contribution in [2.24, 2.45) is 0 Å². The molecule has 0 N–H and O–H groups in total. The van der Waals surface area contributed by atoms with Crippen LogP contribution in [0.2, 0.25) is 0 Å². The first kappa shape index (κ1) is 26.2. The smallest absolute Gasteiger partial charge is 0.264 e. The van der Waals surface area contributed by atoms with Crippen LogP contribution in [0.3, 0.4) is 0 Å². The average molecular weight is 532 g/mol. The van der Waals surface area contributed by atoms with E-state index in [-0.39, 0.29) is 10.5 Å². The van der Waals surface area contributed by atoms with Crippen LogP contribution in [0.15, 0.2) is 65.6 Å². The van der Waals surface area contributed by atoms with Crippen molar-refractivity contribution in [2.75, 3.05) is 56.7 Å². The maximum atomic E-state index is 13.6. The summed E-state index contributed by atoms with van der Waals surface area (Å²) in [7, 11) is 0.624. The quantitative estimate of drug-likeness (QED) is 0.462. The lowest BCUT2D eigenvalue weighted by molar-refractivity contribution is 0.0746. The van der Waals surface area contributed by atoms with Gasteiger partial charge in [-0.3, -0.25) is 9.10 Å². The number of nitrogens with zero attached hydrogens (tertiary/aromatic N) is 3. The van der Waals surface area contributed by atoms with Crippen LogP contribution in [0.1, 0.15) is 10.4 Å². The first-order chi connectivity index (χ1) is 17.6. The third-order valence-electron chi connectivity index (χ3n) is 6.32. The van der Waals surface area contributed by atoms with Gasteiger partial charge in [0.2, 0.25) is 0 Å². The molecule has 37 heavy (non-hydrogen) atoms. The highest BCUT2D eigenvalue weighted by molar-refractivity contribution is 7.92. The Balaban J connectivity index is 1.53. The van der Waals surface area contributed by atoms with E-state index in [0.29, 0.717) is 49.1 Å². The summed E-state index contributed by atoms with van der Waals surface area (Å²) in [5.74, 6) is -1.38. The number of ether oxygens (including phenoxy) is 2. The lowest BCUT2D eigenvalue weighted by Gasteiger charge is -2.37. The first-order valence-corrected chi connectivity index (χ1v) is 12.9.